The fourth-order valence-electron chi connectivity index (χ4n) is 2.01. The molecular weight excluding hydrogens is 292 g/mol. The quantitative estimate of drug-likeness (QED) is 0.795. The van der Waals surface area contributed by atoms with Gasteiger partial charge in [-0.15, -0.1) is 0 Å². The minimum Gasteiger partial charge on any atom is -0.385 e. The lowest BCUT2D eigenvalue weighted by molar-refractivity contribution is 0.0779. The molecule has 0 aliphatic rings. The molecule has 1 amide bonds. The molecule has 0 saturated heterocycles. The Morgan fingerprint density at radius 3 is 2.48 bits per heavy atom. The monoisotopic (exact) mass is 314 g/mol. The second-order valence-corrected chi connectivity index (χ2v) is 6.56. The van der Waals surface area contributed by atoms with Gasteiger partial charge in [-0.3, -0.25) is 4.79 Å². The molecule has 0 unspecified atom stereocenters. The highest BCUT2D eigenvalue weighted by atomic mass is 32.2. The molecule has 7 heteroatoms. The maximum absolute atomic E-state index is 12.3. The third-order valence-electron chi connectivity index (χ3n) is 3.36. The summed E-state index contributed by atoms with van der Waals surface area (Å²) in [5.74, 6) is -0.237. The second-order valence-electron chi connectivity index (χ2n) is 5.03. The van der Waals surface area contributed by atoms with E-state index in [1.165, 1.54) is 11.0 Å². The lowest BCUT2D eigenvalue weighted by Crippen LogP contribution is -2.29. The molecule has 118 valence electrons. The van der Waals surface area contributed by atoms with E-state index in [0.29, 0.717) is 30.7 Å². The van der Waals surface area contributed by atoms with Gasteiger partial charge >= 0.3 is 0 Å². The van der Waals surface area contributed by atoms with E-state index >= 15 is 0 Å². The normalized spacial score (nSPS) is 11.5. The molecule has 0 fully saturated rings. The fraction of sp³-hybridized carbons (Fsp3) is 0.500. The van der Waals surface area contributed by atoms with Crippen LogP contribution in [0.25, 0.3) is 0 Å². The van der Waals surface area contributed by atoms with E-state index in [0.717, 1.165) is 5.56 Å². The maximum Gasteiger partial charge on any atom is 0.253 e. The smallest absolute Gasteiger partial charge is 0.253 e. The summed E-state index contributed by atoms with van der Waals surface area (Å²) in [6, 6.07) is 3.02. The largest absolute Gasteiger partial charge is 0.385 e. The van der Waals surface area contributed by atoms with Gasteiger partial charge < -0.3 is 9.64 Å². The highest BCUT2D eigenvalue weighted by molar-refractivity contribution is 7.89. The molecule has 1 aromatic carbocycles. The third-order valence-corrected chi connectivity index (χ3v) is 4.40. The number of carbonyl (C=O) groups is 1. The summed E-state index contributed by atoms with van der Waals surface area (Å²) in [5.41, 5.74) is 1.60. The van der Waals surface area contributed by atoms with Gasteiger partial charge in [0, 0.05) is 32.9 Å². The number of carbonyl (C=O) groups excluding carboxylic acids is 1. The number of amides is 1. The SMILES string of the molecule is COCCCN(C)C(=O)c1cc(C)c(C)c(S(N)(=O)=O)c1. The van der Waals surface area contributed by atoms with Crippen LogP contribution in [-0.4, -0.2) is 46.5 Å². The van der Waals surface area contributed by atoms with Crippen LogP contribution in [0.5, 0.6) is 0 Å². The van der Waals surface area contributed by atoms with Gasteiger partial charge in [0.05, 0.1) is 4.90 Å². The van der Waals surface area contributed by atoms with Crippen molar-refractivity contribution >= 4 is 15.9 Å². The summed E-state index contributed by atoms with van der Waals surface area (Å²) in [5, 5.41) is 5.20. The Hall–Kier alpha value is -1.44. The number of aryl methyl sites for hydroxylation is 1. The number of nitrogens with zero attached hydrogens (tertiary/aromatic N) is 1. The van der Waals surface area contributed by atoms with Crippen LogP contribution in [0.3, 0.4) is 0 Å². The van der Waals surface area contributed by atoms with Gasteiger partial charge in [-0.25, -0.2) is 13.6 Å². The van der Waals surface area contributed by atoms with E-state index in [1.807, 2.05) is 0 Å². The molecule has 1 aromatic rings. The van der Waals surface area contributed by atoms with Crippen LogP contribution in [0.2, 0.25) is 0 Å². The highest BCUT2D eigenvalue weighted by Crippen LogP contribution is 2.21. The molecule has 2 N–H and O–H groups in total. The van der Waals surface area contributed by atoms with Gasteiger partial charge in [0.1, 0.15) is 0 Å². The predicted octanol–water partition coefficient (Wildman–Crippen LogP) is 1.06. The molecule has 0 aliphatic carbocycles. The van der Waals surface area contributed by atoms with E-state index in [-0.39, 0.29) is 10.8 Å². The van der Waals surface area contributed by atoms with Gasteiger partial charge in [0.25, 0.3) is 5.91 Å². The molecular formula is C14H22N2O4S. The lowest BCUT2D eigenvalue weighted by atomic mass is 10.1. The molecule has 0 radical (unpaired) electrons. The molecule has 0 saturated carbocycles. The summed E-state index contributed by atoms with van der Waals surface area (Å²) < 4.78 is 28.1. The van der Waals surface area contributed by atoms with Gasteiger partial charge in [0.15, 0.2) is 0 Å². The number of nitrogens with two attached hydrogens (primary N) is 1. The Morgan fingerprint density at radius 1 is 1.33 bits per heavy atom. The van der Waals surface area contributed by atoms with Crippen LogP contribution in [0.4, 0.5) is 0 Å². The summed E-state index contributed by atoms with van der Waals surface area (Å²) in [6.07, 6.45) is 0.714. The van der Waals surface area contributed by atoms with Gasteiger partial charge in [0.2, 0.25) is 10.0 Å². The number of benzene rings is 1. The van der Waals surface area contributed by atoms with E-state index in [1.54, 1.807) is 34.1 Å². The Balaban J connectivity index is 3.09. The first-order valence-corrected chi connectivity index (χ1v) is 8.11. The Kier molecular flexibility index (Phi) is 5.88. The summed E-state index contributed by atoms with van der Waals surface area (Å²) in [6.45, 7) is 4.52. The van der Waals surface area contributed by atoms with E-state index < -0.39 is 10.0 Å². The van der Waals surface area contributed by atoms with Crippen molar-refractivity contribution in [3.8, 4) is 0 Å². The fourth-order valence-corrected chi connectivity index (χ4v) is 2.89. The van der Waals surface area contributed by atoms with Crippen LogP contribution in [-0.2, 0) is 14.8 Å². The van der Waals surface area contributed by atoms with E-state index in [9.17, 15) is 13.2 Å². The molecule has 0 heterocycles. The summed E-state index contributed by atoms with van der Waals surface area (Å²) >= 11 is 0. The van der Waals surface area contributed by atoms with Crippen molar-refractivity contribution in [2.45, 2.75) is 25.2 Å². The first-order valence-electron chi connectivity index (χ1n) is 6.57. The van der Waals surface area contributed by atoms with Crippen molar-refractivity contribution in [2.24, 2.45) is 5.14 Å². The standard InChI is InChI=1S/C14H22N2O4S/c1-10-8-12(9-13(11(10)2)21(15,18)19)14(17)16(3)6-5-7-20-4/h8-9H,5-7H2,1-4H3,(H2,15,18,19). The number of rotatable bonds is 6. The lowest BCUT2D eigenvalue weighted by Gasteiger charge is -2.18. The van der Waals surface area contributed by atoms with Crippen molar-refractivity contribution in [3.63, 3.8) is 0 Å². The number of methoxy groups -OCH3 is 1. The van der Waals surface area contributed by atoms with E-state index in [4.69, 9.17) is 9.88 Å². The molecule has 0 atom stereocenters. The number of sulfonamides is 1. The Labute approximate surface area is 125 Å². The van der Waals surface area contributed by atoms with Gasteiger partial charge in [-0.05, 0) is 43.5 Å². The summed E-state index contributed by atoms with van der Waals surface area (Å²) in [7, 11) is -0.578. The van der Waals surface area contributed by atoms with Crippen molar-refractivity contribution in [1.82, 2.24) is 4.90 Å². The number of hydrogen-bond acceptors (Lipinski definition) is 4. The molecule has 0 aromatic heterocycles. The average Bonchev–Trinajstić information content (AvgIpc) is 2.39. The first-order chi connectivity index (χ1) is 9.68. The van der Waals surface area contributed by atoms with Crippen LogP contribution in [0.1, 0.15) is 27.9 Å². The van der Waals surface area contributed by atoms with Gasteiger partial charge in [-0.2, -0.15) is 0 Å². The Morgan fingerprint density at radius 2 is 1.95 bits per heavy atom. The predicted molar refractivity (Wildman–Crippen MR) is 80.7 cm³/mol. The van der Waals surface area contributed by atoms with Crippen LogP contribution in [0.15, 0.2) is 17.0 Å². The van der Waals surface area contributed by atoms with Crippen LogP contribution < -0.4 is 5.14 Å². The molecule has 6 nitrogen and oxygen atoms in total. The van der Waals surface area contributed by atoms with Crippen LogP contribution >= 0.6 is 0 Å². The minimum absolute atomic E-state index is 0.00357. The molecule has 21 heavy (non-hydrogen) atoms. The Bertz CT molecular complexity index is 626. The zero-order valence-electron chi connectivity index (χ0n) is 12.8. The molecule has 0 aliphatic heterocycles. The summed E-state index contributed by atoms with van der Waals surface area (Å²) in [4.78, 5) is 13.9. The zero-order chi connectivity index (χ0) is 16.2. The highest BCUT2D eigenvalue weighted by Gasteiger charge is 2.19. The number of primary sulfonamides is 1. The van der Waals surface area contributed by atoms with Crippen molar-refractivity contribution in [1.29, 1.82) is 0 Å². The van der Waals surface area contributed by atoms with Crippen molar-refractivity contribution in [3.05, 3.63) is 28.8 Å². The van der Waals surface area contributed by atoms with Crippen molar-refractivity contribution in [2.75, 3.05) is 27.3 Å². The second kappa shape index (κ2) is 7.02. The average molecular weight is 314 g/mol. The zero-order valence-corrected chi connectivity index (χ0v) is 13.7. The van der Waals surface area contributed by atoms with Gasteiger partial charge in [-0.1, -0.05) is 0 Å². The number of ether oxygens (including phenoxy) is 1. The minimum atomic E-state index is -3.85. The molecule has 1 rings (SSSR count). The first kappa shape index (κ1) is 17.6. The molecule has 0 bridgehead atoms. The van der Waals surface area contributed by atoms with Crippen LogP contribution in [0, 0.1) is 13.8 Å². The maximum atomic E-state index is 12.3. The number of hydrogen-bond donors (Lipinski definition) is 1. The van der Waals surface area contributed by atoms with Crippen molar-refractivity contribution < 1.29 is 17.9 Å². The van der Waals surface area contributed by atoms with E-state index in [2.05, 4.69) is 0 Å². The third kappa shape index (κ3) is 4.52. The molecule has 0 spiro atoms. The topological polar surface area (TPSA) is 89.7 Å².